The SMILES string of the molecule is NC1CC2CCCC(C1)C2NC(=O)c1ccc2c3c(cccc13)CC2. The monoisotopic (exact) mass is 334 g/mol. The molecule has 0 heterocycles. The molecule has 2 saturated carbocycles. The highest BCUT2D eigenvalue weighted by Crippen LogP contribution is 2.40. The molecule has 3 nitrogen and oxygen atoms in total. The molecule has 2 bridgehead atoms. The average molecular weight is 334 g/mol. The summed E-state index contributed by atoms with van der Waals surface area (Å²) in [7, 11) is 0. The van der Waals surface area contributed by atoms with Crippen molar-refractivity contribution >= 4 is 16.7 Å². The van der Waals surface area contributed by atoms with Gasteiger partial charge in [-0.15, -0.1) is 0 Å². The van der Waals surface area contributed by atoms with Crippen molar-refractivity contribution in [1.29, 1.82) is 0 Å². The summed E-state index contributed by atoms with van der Waals surface area (Å²) >= 11 is 0. The lowest BCUT2D eigenvalue weighted by atomic mass is 9.67. The van der Waals surface area contributed by atoms with Crippen LogP contribution >= 0.6 is 0 Å². The topological polar surface area (TPSA) is 55.1 Å². The summed E-state index contributed by atoms with van der Waals surface area (Å²) in [6, 6.07) is 11.2. The van der Waals surface area contributed by atoms with E-state index < -0.39 is 0 Å². The second-order valence-corrected chi connectivity index (χ2v) is 8.29. The Morgan fingerprint density at radius 2 is 1.72 bits per heavy atom. The van der Waals surface area contributed by atoms with E-state index in [1.807, 2.05) is 6.07 Å². The summed E-state index contributed by atoms with van der Waals surface area (Å²) in [6.07, 6.45) is 8.02. The first kappa shape index (κ1) is 15.4. The van der Waals surface area contributed by atoms with Crippen molar-refractivity contribution in [2.24, 2.45) is 17.6 Å². The summed E-state index contributed by atoms with van der Waals surface area (Å²) < 4.78 is 0. The van der Waals surface area contributed by atoms with Crippen LogP contribution in [0.4, 0.5) is 0 Å². The third kappa shape index (κ3) is 2.48. The predicted molar refractivity (Wildman–Crippen MR) is 101 cm³/mol. The van der Waals surface area contributed by atoms with Crippen LogP contribution < -0.4 is 11.1 Å². The minimum absolute atomic E-state index is 0.105. The van der Waals surface area contributed by atoms with Gasteiger partial charge in [0.1, 0.15) is 0 Å². The molecule has 3 aliphatic rings. The van der Waals surface area contributed by atoms with Gasteiger partial charge in [-0.05, 0) is 78.3 Å². The number of hydrogen-bond donors (Lipinski definition) is 2. The number of hydrogen-bond acceptors (Lipinski definition) is 2. The lowest BCUT2D eigenvalue weighted by Crippen LogP contribution is -2.53. The molecule has 0 aromatic heterocycles. The lowest BCUT2D eigenvalue weighted by Gasteiger charge is -2.45. The van der Waals surface area contributed by atoms with Gasteiger partial charge in [-0.1, -0.05) is 30.7 Å². The molecule has 3 N–H and O–H groups in total. The number of nitrogens with one attached hydrogen (secondary N) is 1. The Bertz CT molecular complexity index is 819. The van der Waals surface area contributed by atoms with Crippen LogP contribution in [0.15, 0.2) is 30.3 Å². The van der Waals surface area contributed by atoms with Crippen LogP contribution in [0.3, 0.4) is 0 Å². The van der Waals surface area contributed by atoms with Gasteiger partial charge in [0.15, 0.2) is 0 Å². The van der Waals surface area contributed by atoms with Gasteiger partial charge >= 0.3 is 0 Å². The number of nitrogens with two attached hydrogens (primary N) is 1. The van der Waals surface area contributed by atoms with E-state index in [4.69, 9.17) is 5.73 Å². The fourth-order valence-corrected chi connectivity index (χ4v) is 5.70. The third-order valence-corrected chi connectivity index (χ3v) is 6.80. The van der Waals surface area contributed by atoms with Crippen molar-refractivity contribution in [3.05, 3.63) is 47.0 Å². The Morgan fingerprint density at radius 3 is 2.48 bits per heavy atom. The van der Waals surface area contributed by atoms with Crippen molar-refractivity contribution in [1.82, 2.24) is 5.32 Å². The minimum atomic E-state index is 0.105. The molecule has 0 radical (unpaired) electrons. The van der Waals surface area contributed by atoms with Crippen LogP contribution in [-0.2, 0) is 12.8 Å². The zero-order valence-corrected chi connectivity index (χ0v) is 14.6. The first-order chi connectivity index (χ1) is 12.2. The van der Waals surface area contributed by atoms with Crippen molar-refractivity contribution in [3.63, 3.8) is 0 Å². The van der Waals surface area contributed by atoms with Crippen LogP contribution in [0.5, 0.6) is 0 Å². The Labute approximate surface area is 149 Å². The Morgan fingerprint density at radius 1 is 1.00 bits per heavy atom. The summed E-state index contributed by atoms with van der Waals surface area (Å²) in [5.41, 5.74) is 9.86. The first-order valence-corrected chi connectivity index (χ1v) is 9.80. The Hall–Kier alpha value is -1.87. The molecule has 0 aliphatic heterocycles. The van der Waals surface area contributed by atoms with E-state index in [2.05, 4.69) is 29.6 Å². The van der Waals surface area contributed by atoms with E-state index >= 15 is 0 Å². The molecule has 25 heavy (non-hydrogen) atoms. The number of fused-ring (bicyclic) bond motifs is 2. The third-order valence-electron chi connectivity index (χ3n) is 6.80. The second kappa shape index (κ2) is 5.84. The normalized spacial score (nSPS) is 30.4. The van der Waals surface area contributed by atoms with Gasteiger partial charge in [0.05, 0.1) is 0 Å². The van der Waals surface area contributed by atoms with Crippen molar-refractivity contribution in [2.45, 2.75) is 57.0 Å². The van der Waals surface area contributed by atoms with Gasteiger partial charge in [-0.25, -0.2) is 0 Å². The van der Waals surface area contributed by atoms with Crippen molar-refractivity contribution in [2.75, 3.05) is 0 Å². The highest BCUT2D eigenvalue weighted by atomic mass is 16.1. The number of carbonyl (C=O) groups is 1. The number of carbonyl (C=O) groups excluding carboxylic acids is 1. The minimum Gasteiger partial charge on any atom is -0.349 e. The van der Waals surface area contributed by atoms with Crippen LogP contribution in [0.2, 0.25) is 0 Å². The maximum absolute atomic E-state index is 13.1. The Balaban J connectivity index is 1.47. The smallest absolute Gasteiger partial charge is 0.252 e. The summed E-state index contributed by atoms with van der Waals surface area (Å²) in [6.45, 7) is 0. The standard InChI is InChI=1S/C22H26N2O/c23-17-11-15-4-1-5-16(12-17)21(15)24-22(25)19-10-9-14-8-7-13-3-2-6-18(19)20(13)14/h2-3,6,9-10,15-17,21H,1,4-5,7-8,11-12,23H2,(H,24,25). The van der Waals surface area contributed by atoms with E-state index in [-0.39, 0.29) is 5.91 Å². The molecule has 1 amide bonds. The predicted octanol–water partition coefficient (Wildman–Crippen LogP) is 3.57. The first-order valence-electron chi connectivity index (χ1n) is 9.80. The molecule has 2 aromatic rings. The van der Waals surface area contributed by atoms with Crippen LogP contribution in [0, 0.1) is 11.8 Å². The van der Waals surface area contributed by atoms with Crippen LogP contribution in [0.25, 0.3) is 10.8 Å². The maximum atomic E-state index is 13.1. The molecule has 130 valence electrons. The number of amides is 1. The second-order valence-electron chi connectivity index (χ2n) is 8.29. The fraction of sp³-hybridized carbons (Fsp3) is 0.500. The average Bonchev–Trinajstić information content (AvgIpc) is 3.01. The van der Waals surface area contributed by atoms with E-state index in [0.717, 1.165) is 36.6 Å². The molecule has 2 fully saturated rings. The van der Waals surface area contributed by atoms with Crippen LogP contribution in [-0.4, -0.2) is 18.0 Å². The highest BCUT2D eigenvalue weighted by molar-refractivity contribution is 6.09. The fourth-order valence-electron chi connectivity index (χ4n) is 5.70. The summed E-state index contributed by atoms with van der Waals surface area (Å²) in [5.74, 6) is 1.22. The van der Waals surface area contributed by atoms with E-state index in [1.54, 1.807) is 0 Å². The molecule has 2 unspecified atom stereocenters. The summed E-state index contributed by atoms with van der Waals surface area (Å²) in [5, 5.41) is 5.86. The van der Waals surface area contributed by atoms with Gasteiger partial charge in [0.25, 0.3) is 5.91 Å². The molecule has 2 atom stereocenters. The number of benzene rings is 2. The molecule has 0 spiro atoms. The molecule has 0 saturated heterocycles. The van der Waals surface area contributed by atoms with Gasteiger partial charge in [-0.3, -0.25) is 4.79 Å². The summed E-state index contributed by atoms with van der Waals surface area (Å²) in [4.78, 5) is 13.1. The van der Waals surface area contributed by atoms with Gasteiger partial charge in [0.2, 0.25) is 0 Å². The molecular formula is C22H26N2O. The van der Waals surface area contributed by atoms with E-state index in [9.17, 15) is 4.79 Å². The molecular weight excluding hydrogens is 308 g/mol. The largest absolute Gasteiger partial charge is 0.349 e. The lowest BCUT2D eigenvalue weighted by molar-refractivity contribution is 0.0757. The number of aryl methyl sites for hydroxylation is 2. The zero-order chi connectivity index (χ0) is 17.0. The Kier molecular flexibility index (Phi) is 3.60. The molecule has 3 aliphatic carbocycles. The quantitative estimate of drug-likeness (QED) is 0.882. The van der Waals surface area contributed by atoms with Gasteiger partial charge < -0.3 is 11.1 Å². The van der Waals surface area contributed by atoms with E-state index in [1.165, 1.54) is 35.8 Å². The maximum Gasteiger partial charge on any atom is 0.252 e. The number of rotatable bonds is 2. The van der Waals surface area contributed by atoms with Gasteiger partial charge in [0, 0.05) is 17.6 Å². The van der Waals surface area contributed by atoms with E-state index in [0.29, 0.717) is 23.9 Å². The molecule has 3 heteroatoms. The van der Waals surface area contributed by atoms with Crippen molar-refractivity contribution < 1.29 is 4.79 Å². The zero-order valence-electron chi connectivity index (χ0n) is 14.6. The van der Waals surface area contributed by atoms with Crippen LogP contribution in [0.1, 0.15) is 53.6 Å². The van der Waals surface area contributed by atoms with Gasteiger partial charge in [-0.2, -0.15) is 0 Å². The molecule has 2 aromatic carbocycles. The van der Waals surface area contributed by atoms with Crippen molar-refractivity contribution in [3.8, 4) is 0 Å². The molecule has 5 rings (SSSR count). The highest BCUT2D eigenvalue weighted by Gasteiger charge is 2.40.